The summed E-state index contributed by atoms with van der Waals surface area (Å²) in [4.78, 5) is 13.8. The van der Waals surface area contributed by atoms with Gasteiger partial charge in [0.25, 0.3) is 0 Å². The van der Waals surface area contributed by atoms with Crippen molar-refractivity contribution in [2.45, 2.75) is 6.54 Å². The highest BCUT2D eigenvalue weighted by molar-refractivity contribution is 5.91. The van der Waals surface area contributed by atoms with E-state index in [1.165, 1.54) is 6.07 Å². The van der Waals surface area contributed by atoms with Gasteiger partial charge in [-0.05, 0) is 17.7 Å². The van der Waals surface area contributed by atoms with Crippen LogP contribution in [0.1, 0.15) is 5.56 Å². The minimum absolute atomic E-state index is 0.348. The maximum absolute atomic E-state index is 11.8. The second kappa shape index (κ2) is 5.93. The minimum Gasteiger partial charge on any atom is -0.423 e. The van der Waals surface area contributed by atoms with E-state index in [1.54, 1.807) is 0 Å². The normalized spacial score (nSPS) is 10.6. The van der Waals surface area contributed by atoms with Crippen LogP contribution in [0.15, 0.2) is 63.8 Å². The van der Waals surface area contributed by atoms with Gasteiger partial charge in [-0.1, -0.05) is 30.3 Å². The van der Waals surface area contributed by atoms with Gasteiger partial charge in [0.05, 0.1) is 5.69 Å². The Balaban J connectivity index is 1.96. The number of hydrogen-bond acceptors (Lipinski definition) is 4. The summed E-state index contributed by atoms with van der Waals surface area (Å²) in [6.07, 6.45) is 0. The largest absolute Gasteiger partial charge is 0.423 e. The Morgan fingerprint density at radius 3 is 2.55 bits per heavy atom. The molecular weight excluding hydrogens is 276 g/mol. The Morgan fingerprint density at radius 1 is 1.05 bits per heavy atom. The molecule has 112 valence electrons. The van der Waals surface area contributed by atoms with Gasteiger partial charge in [0, 0.05) is 43.8 Å². The molecule has 0 radical (unpaired) electrons. The van der Waals surface area contributed by atoms with Crippen LogP contribution in [-0.2, 0) is 6.54 Å². The molecule has 0 atom stereocenters. The van der Waals surface area contributed by atoms with E-state index in [1.807, 2.05) is 67.5 Å². The molecule has 3 aromatic rings. The fourth-order valence-corrected chi connectivity index (χ4v) is 2.37. The zero-order valence-corrected chi connectivity index (χ0v) is 12.7. The number of rotatable bonds is 4. The number of fused-ring (bicyclic) bond motifs is 1. The van der Waals surface area contributed by atoms with Gasteiger partial charge in [0.2, 0.25) is 0 Å². The van der Waals surface area contributed by atoms with Crippen molar-refractivity contribution < 1.29 is 4.42 Å². The topological polar surface area (TPSA) is 45.5 Å². The first-order valence-corrected chi connectivity index (χ1v) is 7.16. The standard InChI is InChI=1S/C18H18N2O2/c1-20(2)14-8-9-15-16(11-18(21)22-17(15)10-14)19-12-13-6-4-3-5-7-13/h3-11,19H,12H2,1-2H3. The van der Waals surface area contributed by atoms with E-state index in [0.29, 0.717) is 12.1 Å². The van der Waals surface area contributed by atoms with Crippen LogP contribution in [0.3, 0.4) is 0 Å². The van der Waals surface area contributed by atoms with Crippen LogP contribution in [0, 0.1) is 0 Å². The number of nitrogens with zero attached hydrogens (tertiary/aromatic N) is 1. The Kier molecular flexibility index (Phi) is 3.83. The van der Waals surface area contributed by atoms with Crippen molar-refractivity contribution in [3.8, 4) is 0 Å². The maximum atomic E-state index is 11.8. The second-order valence-corrected chi connectivity index (χ2v) is 5.39. The molecule has 1 aromatic heterocycles. The van der Waals surface area contributed by atoms with Crippen LogP contribution >= 0.6 is 0 Å². The molecule has 0 spiro atoms. The lowest BCUT2D eigenvalue weighted by atomic mass is 10.1. The van der Waals surface area contributed by atoms with E-state index in [-0.39, 0.29) is 5.63 Å². The third kappa shape index (κ3) is 2.96. The fourth-order valence-electron chi connectivity index (χ4n) is 2.37. The van der Waals surface area contributed by atoms with Crippen LogP contribution in [0.25, 0.3) is 11.0 Å². The molecule has 0 amide bonds. The highest BCUT2D eigenvalue weighted by Gasteiger charge is 2.07. The van der Waals surface area contributed by atoms with Crippen molar-refractivity contribution in [3.63, 3.8) is 0 Å². The van der Waals surface area contributed by atoms with Gasteiger partial charge in [-0.2, -0.15) is 0 Å². The molecule has 0 aliphatic heterocycles. The van der Waals surface area contributed by atoms with Crippen molar-refractivity contribution in [1.29, 1.82) is 0 Å². The first-order valence-electron chi connectivity index (χ1n) is 7.16. The molecule has 0 fully saturated rings. The molecule has 0 saturated heterocycles. The maximum Gasteiger partial charge on any atom is 0.338 e. The molecule has 4 nitrogen and oxygen atoms in total. The minimum atomic E-state index is -0.348. The van der Waals surface area contributed by atoms with Crippen LogP contribution in [-0.4, -0.2) is 14.1 Å². The van der Waals surface area contributed by atoms with Crippen LogP contribution < -0.4 is 15.8 Å². The number of nitrogens with one attached hydrogen (secondary N) is 1. The average Bonchev–Trinajstić information content (AvgIpc) is 2.52. The monoisotopic (exact) mass is 294 g/mol. The van der Waals surface area contributed by atoms with E-state index in [2.05, 4.69) is 5.32 Å². The van der Waals surface area contributed by atoms with Crippen molar-refractivity contribution in [2.75, 3.05) is 24.3 Å². The summed E-state index contributed by atoms with van der Waals surface area (Å²) in [5.41, 5.74) is 3.19. The molecule has 0 saturated carbocycles. The zero-order chi connectivity index (χ0) is 15.5. The van der Waals surface area contributed by atoms with Crippen molar-refractivity contribution in [3.05, 3.63) is 70.6 Å². The van der Waals surface area contributed by atoms with E-state index in [0.717, 1.165) is 22.3 Å². The Morgan fingerprint density at radius 2 is 1.82 bits per heavy atom. The number of anilines is 2. The second-order valence-electron chi connectivity index (χ2n) is 5.39. The first kappa shape index (κ1) is 14.2. The average molecular weight is 294 g/mol. The van der Waals surface area contributed by atoms with Crippen molar-refractivity contribution in [1.82, 2.24) is 0 Å². The van der Waals surface area contributed by atoms with E-state index >= 15 is 0 Å². The molecule has 0 aliphatic carbocycles. The Labute approximate surface area is 129 Å². The predicted molar refractivity (Wildman–Crippen MR) is 90.6 cm³/mol. The molecule has 0 bridgehead atoms. The third-order valence-electron chi connectivity index (χ3n) is 3.57. The zero-order valence-electron chi connectivity index (χ0n) is 12.7. The lowest BCUT2D eigenvalue weighted by Crippen LogP contribution is -2.09. The lowest BCUT2D eigenvalue weighted by Gasteiger charge is -2.14. The fraction of sp³-hybridized carbons (Fsp3) is 0.167. The summed E-state index contributed by atoms with van der Waals surface area (Å²) in [5.74, 6) is 0. The summed E-state index contributed by atoms with van der Waals surface area (Å²) in [7, 11) is 3.91. The Bertz CT molecular complexity index is 839. The van der Waals surface area contributed by atoms with Crippen molar-refractivity contribution in [2.24, 2.45) is 0 Å². The van der Waals surface area contributed by atoms with Gasteiger partial charge in [-0.3, -0.25) is 0 Å². The van der Waals surface area contributed by atoms with Gasteiger partial charge in [-0.25, -0.2) is 4.79 Å². The predicted octanol–water partition coefficient (Wildman–Crippen LogP) is 3.47. The SMILES string of the molecule is CN(C)c1ccc2c(NCc3ccccc3)cc(=O)oc2c1. The van der Waals surface area contributed by atoms with E-state index < -0.39 is 0 Å². The van der Waals surface area contributed by atoms with Gasteiger partial charge >= 0.3 is 5.63 Å². The third-order valence-corrected chi connectivity index (χ3v) is 3.57. The Hall–Kier alpha value is -2.75. The quantitative estimate of drug-likeness (QED) is 0.748. The van der Waals surface area contributed by atoms with Gasteiger partial charge in [0.15, 0.2) is 0 Å². The van der Waals surface area contributed by atoms with E-state index in [9.17, 15) is 4.79 Å². The smallest absolute Gasteiger partial charge is 0.338 e. The molecule has 1 heterocycles. The number of benzene rings is 2. The molecule has 3 rings (SSSR count). The molecule has 0 aliphatic rings. The lowest BCUT2D eigenvalue weighted by molar-refractivity contribution is 0.561. The first-order chi connectivity index (χ1) is 10.6. The van der Waals surface area contributed by atoms with Crippen LogP contribution in [0.4, 0.5) is 11.4 Å². The molecule has 1 N–H and O–H groups in total. The summed E-state index contributed by atoms with van der Waals surface area (Å²) in [5, 5.41) is 4.22. The van der Waals surface area contributed by atoms with Crippen molar-refractivity contribution >= 4 is 22.3 Å². The van der Waals surface area contributed by atoms with Crippen LogP contribution in [0.2, 0.25) is 0 Å². The highest BCUT2D eigenvalue weighted by Crippen LogP contribution is 2.26. The molecule has 2 aromatic carbocycles. The molecular formula is C18H18N2O2. The summed E-state index contributed by atoms with van der Waals surface area (Å²) < 4.78 is 5.32. The van der Waals surface area contributed by atoms with E-state index in [4.69, 9.17) is 4.42 Å². The molecule has 4 heteroatoms. The molecule has 22 heavy (non-hydrogen) atoms. The summed E-state index contributed by atoms with van der Waals surface area (Å²) in [6.45, 7) is 0.662. The molecule has 0 unspecified atom stereocenters. The van der Waals surface area contributed by atoms with Gasteiger partial charge in [0.1, 0.15) is 5.58 Å². The summed E-state index contributed by atoms with van der Waals surface area (Å²) >= 11 is 0. The van der Waals surface area contributed by atoms with Gasteiger partial charge < -0.3 is 14.6 Å². The summed E-state index contributed by atoms with van der Waals surface area (Å²) in [6, 6.07) is 17.4. The van der Waals surface area contributed by atoms with Crippen LogP contribution in [0.5, 0.6) is 0 Å². The number of hydrogen-bond donors (Lipinski definition) is 1. The highest BCUT2D eigenvalue weighted by atomic mass is 16.4. The van der Waals surface area contributed by atoms with Gasteiger partial charge in [-0.15, -0.1) is 0 Å².